The average Bonchev–Trinajstić information content (AvgIpc) is 3.19. The van der Waals surface area contributed by atoms with Crippen LogP contribution in [0.5, 0.6) is 0 Å². The number of hydrogen-bond acceptors (Lipinski definition) is 4. The van der Waals surface area contributed by atoms with Crippen molar-refractivity contribution in [2.24, 2.45) is 0 Å². The number of rotatable bonds is 16. The van der Waals surface area contributed by atoms with Crippen LogP contribution in [-0.2, 0) is 20.9 Å². The lowest BCUT2D eigenvalue weighted by Gasteiger charge is -2.29. The van der Waals surface area contributed by atoms with E-state index in [0.717, 1.165) is 18.4 Å². The highest BCUT2D eigenvalue weighted by Gasteiger charge is 2.39. The zero-order chi connectivity index (χ0) is 25.8. The van der Waals surface area contributed by atoms with Crippen LogP contribution < -0.4 is 10.6 Å². The van der Waals surface area contributed by atoms with E-state index in [2.05, 4.69) is 17.6 Å². The lowest BCUT2D eigenvalue weighted by molar-refractivity contribution is -0.137. The van der Waals surface area contributed by atoms with Gasteiger partial charge in [-0.05, 0) is 25.0 Å². The second-order valence-corrected chi connectivity index (χ2v) is 10.3. The molecule has 3 rings (SSSR count). The van der Waals surface area contributed by atoms with E-state index >= 15 is 0 Å². The number of amides is 4. The van der Waals surface area contributed by atoms with Crippen molar-refractivity contribution in [3.8, 4) is 0 Å². The maximum Gasteiger partial charge on any atom is 0.255 e. The van der Waals surface area contributed by atoms with Gasteiger partial charge in [0.25, 0.3) is 5.91 Å². The summed E-state index contributed by atoms with van der Waals surface area (Å²) in [5, 5.41) is 5.29. The Labute approximate surface area is 215 Å². The number of hydrogen-bond donors (Lipinski definition) is 2. The van der Waals surface area contributed by atoms with Crippen LogP contribution in [0.4, 0.5) is 5.69 Å². The van der Waals surface area contributed by atoms with Gasteiger partial charge in [-0.1, -0.05) is 90.0 Å². The van der Waals surface area contributed by atoms with Gasteiger partial charge < -0.3 is 10.2 Å². The number of piperidine rings is 1. The summed E-state index contributed by atoms with van der Waals surface area (Å²) >= 11 is 0. The Hall–Kier alpha value is -2.70. The lowest BCUT2D eigenvalue weighted by Crippen LogP contribution is -2.52. The summed E-state index contributed by atoms with van der Waals surface area (Å²) in [7, 11) is 0. The maximum absolute atomic E-state index is 12.9. The zero-order valence-electron chi connectivity index (χ0n) is 21.9. The fourth-order valence-corrected chi connectivity index (χ4v) is 5.22. The number of anilines is 1. The number of nitrogens with one attached hydrogen (secondary N) is 2. The Morgan fingerprint density at radius 3 is 2.14 bits per heavy atom. The first kappa shape index (κ1) is 27.9. The summed E-state index contributed by atoms with van der Waals surface area (Å²) < 4.78 is 0. The van der Waals surface area contributed by atoms with Gasteiger partial charge in [0.2, 0.25) is 17.7 Å². The quantitative estimate of drug-likeness (QED) is 0.221. The molecule has 1 aromatic rings. The Bertz CT molecular complexity index is 914. The normalized spacial score (nSPS) is 17.3. The van der Waals surface area contributed by atoms with Crippen LogP contribution in [-0.4, -0.2) is 34.6 Å². The van der Waals surface area contributed by atoms with Crippen molar-refractivity contribution in [2.45, 2.75) is 122 Å². The lowest BCUT2D eigenvalue weighted by atomic mass is 10.0. The van der Waals surface area contributed by atoms with Crippen LogP contribution >= 0.6 is 0 Å². The molecular formula is C29H43N3O4. The van der Waals surface area contributed by atoms with Gasteiger partial charge >= 0.3 is 0 Å². The molecule has 2 N–H and O–H groups in total. The number of nitrogens with zero attached hydrogens (tertiary/aromatic N) is 1. The van der Waals surface area contributed by atoms with Gasteiger partial charge in [0, 0.05) is 36.2 Å². The Morgan fingerprint density at radius 1 is 0.917 bits per heavy atom. The van der Waals surface area contributed by atoms with Crippen LogP contribution in [0.3, 0.4) is 0 Å². The molecule has 0 saturated carbocycles. The third-order valence-electron chi connectivity index (χ3n) is 7.36. The van der Waals surface area contributed by atoms with Crippen LogP contribution in [0.25, 0.3) is 0 Å². The minimum absolute atomic E-state index is 0.0432. The van der Waals surface area contributed by atoms with Gasteiger partial charge in [0.1, 0.15) is 6.04 Å². The van der Waals surface area contributed by atoms with Crippen molar-refractivity contribution >= 4 is 29.3 Å². The van der Waals surface area contributed by atoms with Gasteiger partial charge in [-0.2, -0.15) is 0 Å². The molecular weight excluding hydrogens is 454 g/mol. The fraction of sp³-hybridized carbons (Fsp3) is 0.655. The number of fused-ring (bicyclic) bond motifs is 1. The predicted octanol–water partition coefficient (Wildman–Crippen LogP) is 5.87. The van der Waals surface area contributed by atoms with E-state index in [1.807, 2.05) is 6.07 Å². The SMILES string of the molecule is CCCCCCCCCCCCCCCC(=O)Nc1cccc2c1CN(C1CCC(=O)NC1=O)C2=O. The highest BCUT2D eigenvalue weighted by molar-refractivity contribution is 6.06. The summed E-state index contributed by atoms with van der Waals surface area (Å²) in [6, 6.07) is 4.64. The summed E-state index contributed by atoms with van der Waals surface area (Å²) in [6.45, 7) is 2.51. The van der Waals surface area contributed by atoms with Crippen LogP contribution in [0.2, 0.25) is 0 Å². The molecule has 2 aliphatic heterocycles. The monoisotopic (exact) mass is 497 g/mol. The smallest absolute Gasteiger partial charge is 0.255 e. The van der Waals surface area contributed by atoms with E-state index in [-0.39, 0.29) is 30.7 Å². The molecule has 7 heteroatoms. The van der Waals surface area contributed by atoms with Crippen molar-refractivity contribution < 1.29 is 19.2 Å². The van der Waals surface area contributed by atoms with Crippen molar-refractivity contribution in [3.63, 3.8) is 0 Å². The second kappa shape index (κ2) is 14.8. The standard InChI is InChI=1S/C29H43N3O4/c1-2-3-4-5-6-7-8-9-10-11-12-13-14-18-26(33)30-24-17-15-16-22-23(24)21-32(29(22)36)25-19-20-27(34)31-28(25)35/h15-17,25H,2-14,18-21H2,1H3,(H,30,33)(H,31,34,35). The molecule has 1 aromatic carbocycles. The van der Waals surface area contributed by atoms with Crippen molar-refractivity contribution in [2.75, 3.05) is 5.32 Å². The molecule has 7 nitrogen and oxygen atoms in total. The minimum atomic E-state index is -0.656. The Kier molecular flexibility index (Phi) is 11.4. The maximum atomic E-state index is 12.9. The summed E-state index contributed by atoms with van der Waals surface area (Å²) in [6.07, 6.45) is 17.5. The van der Waals surface area contributed by atoms with Crippen molar-refractivity contribution in [1.29, 1.82) is 0 Å². The van der Waals surface area contributed by atoms with Gasteiger partial charge in [-0.25, -0.2) is 0 Å². The van der Waals surface area contributed by atoms with E-state index in [1.54, 1.807) is 12.1 Å². The summed E-state index contributed by atoms with van der Waals surface area (Å²) in [5.74, 6) is -1.01. The molecule has 0 aromatic heterocycles. The largest absolute Gasteiger partial charge is 0.326 e. The molecule has 1 saturated heterocycles. The van der Waals surface area contributed by atoms with Gasteiger partial charge in [-0.3, -0.25) is 24.5 Å². The van der Waals surface area contributed by atoms with Crippen LogP contribution in [0, 0.1) is 0 Å². The molecule has 198 valence electrons. The molecule has 36 heavy (non-hydrogen) atoms. The highest BCUT2D eigenvalue weighted by Crippen LogP contribution is 2.32. The minimum Gasteiger partial charge on any atom is -0.326 e. The predicted molar refractivity (Wildman–Crippen MR) is 141 cm³/mol. The first-order valence-corrected chi connectivity index (χ1v) is 14.1. The highest BCUT2D eigenvalue weighted by atomic mass is 16.2. The molecule has 1 unspecified atom stereocenters. The third kappa shape index (κ3) is 8.17. The van der Waals surface area contributed by atoms with E-state index < -0.39 is 11.9 Å². The second-order valence-electron chi connectivity index (χ2n) is 10.3. The fourth-order valence-electron chi connectivity index (χ4n) is 5.22. The molecule has 1 atom stereocenters. The van der Waals surface area contributed by atoms with Gasteiger partial charge in [0.15, 0.2) is 0 Å². The molecule has 0 radical (unpaired) electrons. The Balaban J connectivity index is 1.32. The Morgan fingerprint density at radius 2 is 1.53 bits per heavy atom. The van der Waals surface area contributed by atoms with E-state index in [4.69, 9.17) is 0 Å². The molecule has 0 bridgehead atoms. The summed E-state index contributed by atoms with van der Waals surface area (Å²) in [5.41, 5.74) is 1.89. The molecule has 1 fully saturated rings. The number of carbonyl (C=O) groups excluding carboxylic acids is 4. The molecule has 0 aliphatic carbocycles. The van der Waals surface area contributed by atoms with Crippen LogP contribution in [0.15, 0.2) is 18.2 Å². The van der Waals surface area contributed by atoms with E-state index in [0.29, 0.717) is 24.1 Å². The number of carbonyl (C=O) groups is 4. The van der Waals surface area contributed by atoms with E-state index in [1.165, 1.54) is 75.5 Å². The molecule has 2 heterocycles. The molecule has 4 amide bonds. The van der Waals surface area contributed by atoms with Gasteiger partial charge in [-0.15, -0.1) is 0 Å². The third-order valence-corrected chi connectivity index (χ3v) is 7.36. The number of benzene rings is 1. The van der Waals surface area contributed by atoms with Crippen molar-refractivity contribution in [1.82, 2.24) is 10.2 Å². The number of imide groups is 1. The van der Waals surface area contributed by atoms with Crippen molar-refractivity contribution in [3.05, 3.63) is 29.3 Å². The van der Waals surface area contributed by atoms with Crippen LogP contribution in [0.1, 0.15) is 126 Å². The molecule has 2 aliphatic rings. The summed E-state index contributed by atoms with van der Waals surface area (Å²) in [4.78, 5) is 50.7. The first-order chi connectivity index (χ1) is 17.5. The van der Waals surface area contributed by atoms with Gasteiger partial charge in [0.05, 0.1) is 0 Å². The van der Waals surface area contributed by atoms with E-state index in [9.17, 15) is 19.2 Å². The topological polar surface area (TPSA) is 95.6 Å². The zero-order valence-corrected chi connectivity index (χ0v) is 21.9. The first-order valence-electron chi connectivity index (χ1n) is 14.1. The number of unbranched alkanes of at least 4 members (excludes halogenated alkanes) is 12. The molecule has 0 spiro atoms. The average molecular weight is 498 g/mol.